The Morgan fingerprint density at radius 3 is 2.42 bits per heavy atom. The van der Waals surface area contributed by atoms with E-state index in [1.807, 2.05) is 37.2 Å². The maximum Gasteiger partial charge on any atom is 0.314 e. The standard InChI is InChI=1S/C15H21NO3/c1-16(2)11-6-7-13(19-3)12(10-11)15(14(17)18)8-4-5-9-15/h6-7,10H,4-5,8-9H2,1-3H3,(H,17,18). The zero-order valence-corrected chi connectivity index (χ0v) is 11.8. The molecule has 0 amide bonds. The Labute approximate surface area is 114 Å². The van der Waals surface area contributed by atoms with Crippen molar-refractivity contribution < 1.29 is 14.6 Å². The van der Waals surface area contributed by atoms with Crippen molar-refractivity contribution in [3.8, 4) is 5.75 Å². The van der Waals surface area contributed by atoms with E-state index in [0.717, 1.165) is 24.1 Å². The number of anilines is 1. The summed E-state index contributed by atoms with van der Waals surface area (Å²) in [6.45, 7) is 0. The van der Waals surface area contributed by atoms with Crippen molar-refractivity contribution in [1.29, 1.82) is 0 Å². The highest BCUT2D eigenvalue weighted by atomic mass is 16.5. The summed E-state index contributed by atoms with van der Waals surface area (Å²) in [5, 5.41) is 9.70. The van der Waals surface area contributed by atoms with Gasteiger partial charge in [-0.1, -0.05) is 12.8 Å². The van der Waals surface area contributed by atoms with Gasteiger partial charge < -0.3 is 14.7 Å². The molecule has 0 unspecified atom stereocenters. The van der Waals surface area contributed by atoms with Crippen molar-refractivity contribution in [2.45, 2.75) is 31.1 Å². The van der Waals surface area contributed by atoms with Crippen LogP contribution in [0.3, 0.4) is 0 Å². The van der Waals surface area contributed by atoms with Crippen LogP contribution in [0.25, 0.3) is 0 Å². The average molecular weight is 263 g/mol. The SMILES string of the molecule is COc1ccc(N(C)C)cc1C1(C(=O)O)CCCC1. The Hall–Kier alpha value is -1.71. The number of methoxy groups -OCH3 is 1. The van der Waals surface area contributed by atoms with Crippen LogP contribution in [0.15, 0.2) is 18.2 Å². The van der Waals surface area contributed by atoms with Gasteiger partial charge in [0.05, 0.1) is 12.5 Å². The zero-order chi connectivity index (χ0) is 14.0. The number of hydrogen-bond donors (Lipinski definition) is 1. The molecule has 1 aliphatic rings. The molecule has 104 valence electrons. The lowest BCUT2D eigenvalue weighted by atomic mass is 9.78. The lowest BCUT2D eigenvalue weighted by molar-refractivity contribution is -0.143. The van der Waals surface area contributed by atoms with Crippen molar-refractivity contribution in [3.63, 3.8) is 0 Å². The highest BCUT2D eigenvalue weighted by molar-refractivity contribution is 5.83. The van der Waals surface area contributed by atoms with Gasteiger partial charge in [-0.25, -0.2) is 0 Å². The largest absolute Gasteiger partial charge is 0.496 e. The zero-order valence-electron chi connectivity index (χ0n) is 11.8. The number of carbonyl (C=O) groups is 1. The molecule has 4 nitrogen and oxygen atoms in total. The normalized spacial score (nSPS) is 17.2. The second-order valence-corrected chi connectivity index (χ2v) is 5.37. The fraction of sp³-hybridized carbons (Fsp3) is 0.533. The molecule has 0 bridgehead atoms. The van der Waals surface area contributed by atoms with Gasteiger partial charge in [0.1, 0.15) is 5.75 Å². The summed E-state index contributed by atoms with van der Waals surface area (Å²) in [7, 11) is 5.50. The van der Waals surface area contributed by atoms with Gasteiger partial charge in [0.25, 0.3) is 0 Å². The predicted octanol–water partition coefficient (Wildman–Crippen LogP) is 2.66. The number of rotatable bonds is 4. The minimum atomic E-state index is -0.780. The number of carboxylic acid groups (broad SMARTS) is 1. The fourth-order valence-electron chi connectivity index (χ4n) is 2.93. The van der Waals surface area contributed by atoms with E-state index in [-0.39, 0.29) is 0 Å². The van der Waals surface area contributed by atoms with Crippen LogP contribution in [0, 0.1) is 0 Å². The first-order valence-electron chi connectivity index (χ1n) is 6.60. The Bertz CT molecular complexity index is 476. The molecule has 0 heterocycles. The molecule has 2 rings (SSSR count). The van der Waals surface area contributed by atoms with Gasteiger partial charge in [0, 0.05) is 25.3 Å². The van der Waals surface area contributed by atoms with Gasteiger partial charge in [-0.2, -0.15) is 0 Å². The van der Waals surface area contributed by atoms with Gasteiger partial charge in [0.15, 0.2) is 0 Å². The first kappa shape index (κ1) is 13.7. The molecule has 1 aromatic rings. The lowest BCUT2D eigenvalue weighted by Crippen LogP contribution is -2.33. The van der Waals surface area contributed by atoms with Gasteiger partial charge >= 0.3 is 5.97 Å². The van der Waals surface area contributed by atoms with Crippen LogP contribution >= 0.6 is 0 Å². The van der Waals surface area contributed by atoms with E-state index >= 15 is 0 Å². The molecule has 0 aliphatic heterocycles. The minimum Gasteiger partial charge on any atom is -0.496 e. The highest BCUT2D eigenvalue weighted by Gasteiger charge is 2.44. The number of nitrogens with zero attached hydrogens (tertiary/aromatic N) is 1. The Balaban J connectivity index is 2.57. The topological polar surface area (TPSA) is 49.8 Å². The van der Waals surface area contributed by atoms with Crippen molar-refractivity contribution in [1.82, 2.24) is 0 Å². The molecule has 0 aromatic heterocycles. The van der Waals surface area contributed by atoms with Crippen molar-refractivity contribution in [2.75, 3.05) is 26.1 Å². The number of carboxylic acids is 1. The third-order valence-corrected chi connectivity index (χ3v) is 4.08. The quantitative estimate of drug-likeness (QED) is 0.907. The third-order valence-electron chi connectivity index (χ3n) is 4.08. The second kappa shape index (κ2) is 5.11. The molecule has 0 spiro atoms. The summed E-state index contributed by atoms with van der Waals surface area (Å²) in [6.07, 6.45) is 3.30. The summed E-state index contributed by atoms with van der Waals surface area (Å²) >= 11 is 0. The lowest BCUT2D eigenvalue weighted by Gasteiger charge is -2.27. The Morgan fingerprint density at radius 1 is 1.32 bits per heavy atom. The summed E-state index contributed by atoms with van der Waals surface area (Å²) in [5.41, 5.74) is 1.03. The number of ether oxygens (including phenoxy) is 1. The van der Waals surface area contributed by atoms with Gasteiger partial charge in [-0.15, -0.1) is 0 Å². The van der Waals surface area contributed by atoms with E-state index in [2.05, 4.69) is 0 Å². The first-order chi connectivity index (χ1) is 9.01. The van der Waals surface area contributed by atoms with Gasteiger partial charge in [-0.05, 0) is 31.0 Å². The van der Waals surface area contributed by atoms with Crippen LogP contribution in [0.2, 0.25) is 0 Å². The Kier molecular flexibility index (Phi) is 3.69. The molecule has 4 heteroatoms. The van der Waals surface area contributed by atoms with Crippen LogP contribution in [-0.2, 0) is 10.2 Å². The molecule has 1 aromatic carbocycles. The molecule has 19 heavy (non-hydrogen) atoms. The van der Waals surface area contributed by atoms with E-state index in [1.54, 1.807) is 7.11 Å². The fourth-order valence-corrected chi connectivity index (χ4v) is 2.93. The van der Waals surface area contributed by atoms with Crippen molar-refractivity contribution >= 4 is 11.7 Å². The van der Waals surface area contributed by atoms with E-state index in [1.165, 1.54) is 0 Å². The number of benzene rings is 1. The monoisotopic (exact) mass is 263 g/mol. The second-order valence-electron chi connectivity index (χ2n) is 5.37. The van der Waals surface area contributed by atoms with E-state index in [0.29, 0.717) is 18.6 Å². The average Bonchev–Trinajstić information content (AvgIpc) is 2.88. The number of aliphatic carboxylic acids is 1. The highest BCUT2D eigenvalue weighted by Crippen LogP contribution is 2.46. The molecule has 1 N–H and O–H groups in total. The molecule has 0 saturated heterocycles. The first-order valence-corrected chi connectivity index (χ1v) is 6.60. The Morgan fingerprint density at radius 2 is 1.95 bits per heavy atom. The molecule has 1 aliphatic carbocycles. The van der Waals surface area contributed by atoms with Gasteiger partial charge in [-0.3, -0.25) is 4.79 Å². The van der Waals surface area contributed by atoms with Crippen LogP contribution in [0.5, 0.6) is 5.75 Å². The number of hydrogen-bond acceptors (Lipinski definition) is 3. The van der Waals surface area contributed by atoms with E-state index < -0.39 is 11.4 Å². The van der Waals surface area contributed by atoms with Gasteiger partial charge in [0.2, 0.25) is 0 Å². The molecular formula is C15H21NO3. The summed E-state index contributed by atoms with van der Waals surface area (Å²) in [4.78, 5) is 13.8. The molecule has 0 atom stereocenters. The van der Waals surface area contributed by atoms with Crippen LogP contribution < -0.4 is 9.64 Å². The molecule has 1 saturated carbocycles. The summed E-state index contributed by atoms with van der Waals surface area (Å²) in [6, 6.07) is 5.78. The van der Waals surface area contributed by atoms with Crippen molar-refractivity contribution in [3.05, 3.63) is 23.8 Å². The maximum absolute atomic E-state index is 11.8. The minimum absolute atomic E-state index is 0.676. The van der Waals surface area contributed by atoms with Crippen molar-refractivity contribution in [2.24, 2.45) is 0 Å². The van der Waals surface area contributed by atoms with E-state index in [4.69, 9.17) is 4.74 Å². The van der Waals surface area contributed by atoms with E-state index in [9.17, 15) is 9.90 Å². The summed E-state index contributed by atoms with van der Waals surface area (Å²) in [5.74, 6) is -0.0610. The molecule has 0 radical (unpaired) electrons. The summed E-state index contributed by atoms with van der Waals surface area (Å²) < 4.78 is 5.39. The molecular weight excluding hydrogens is 242 g/mol. The van der Waals surface area contributed by atoms with Crippen LogP contribution in [0.1, 0.15) is 31.2 Å². The third kappa shape index (κ3) is 2.27. The predicted molar refractivity (Wildman–Crippen MR) is 75.1 cm³/mol. The maximum atomic E-state index is 11.8. The molecule has 1 fully saturated rings. The van der Waals surface area contributed by atoms with Crippen LogP contribution in [-0.4, -0.2) is 32.3 Å². The van der Waals surface area contributed by atoms with Crippen LogP contribution in [0.4, 0.5) is 5.69 Å². The smallest absolute Gasteiger partial charge is 0.314 e.